The van der Waals surface area contributed by atoms with Crippen LogP contribution in [-0.2, 0) is 0 Å². The van der Waals surface area contributed by atoms with Crippen LogP contribution in [0.4, 0.5) is 14.7 Å². The van der Waals surface area contributed by atoms with Crippen molar-refractivity contribution < 1.29 is 13.9 Å². The van der Waals surface area contributed by atoms with E-state index in [2.05, 4.69) is 31.2 Å². The second kappa shape index (κ2) is 6.03. The minimum atomic E-state index is -1.33. The van der Waals surface area contributed by atoms with Gasteiger partial charge in [0.25, 0.3) is 0 Å². The first kappa shape index (κ1) is 13.8. The van der Waals surface area contributed by atoms with E-state index in [-0.39, 0.29) is 18.1 Å². The molecule has 2 rings (SSSR count). The molecule has 0 spiro atoms. The summed E-state index contributed by atoms with van der Waals surface area (Å²) >= 11 is 3.18. The largest absolute Gasteiger partial charge is 0.386 e. The third-order valence-corrected chi connectivity index (χ3v) is 2.82. The molecule has 1 atom stereocenters. The predicted molar refractivity (Wildman–Crippen MR) is 69.5 cm³/mol. The number of hydrogen-bond acceptors (Lipinski definition) is 4. The first-order valence-corrected chi connectivity index (χ1v) is 6.20. The van der Waals surface area contributed by atoms with E-state index in [1.54, 1.807) is 0 Å². The van der Waals surface area contributed by atoms with Crippen molar-refractivity contribution in [2.45, 2.75) is 6.10 Å². The van der Waals surface area contributed by atoms with Gasteiger partial charge in [0.15, 0.2) is 0 Å². The maximum absolute atomic E-state index is 13.4. The number of hydrogen-bond donors (Lipinski definition) is 2. The first-order chi connectivity index (χ1) is 9.08. The van der Waals surface area contributed by atoms with Crippen molar-refractivity contribution in [2.24, 2.45) is 0 Å². The van der Waals surface area contributed by atoms with Crippen LogP contribution in [0.3, 0.4) is 0 Å². The van der Waals surface area contributed by atoms with Gasteiger partial charge in [-0.25, -0.2) is 18.7 Å². The predicted octanol–water partition coefficient (Wildman–Crippen LogP) is 2.66. The first-order valence-electron chi connectivity index (χ1n) is 5.41. The molecule has 2 N–H and O–H groups in total. The van der Waals surface area contributed by atoms with Crippen LogP contribution >= 0.6 is 15.9 Å². The van der Waals surface area contributed by atoms with Crippen molar-refractivity contribution in [3.63, 3.8) is 0 Å². The van der Waals surface area contributed by atoms with Gasteiger partial charge in [-0.15, -0.1) is 0 Å². The Hall–Kier alpha value is -1.60. The number of halogens is 3. The van der Waals surface area contributed by atoms with Crippen LogP contribution in [-0.4, -0.2) is 21.6 Å². The Labute approximate surface area is 116 Å². The third-order valence-electron chi connectivity index (χ3n) is 2.41. The molecule has 0 amide bonds. The lowest BCUT2D eigenvalue weighted by atomic mass is 10.1. The number of nitrogens with zero attached hydrogens (tertiary/aromatic N) is 2. The molecule has 1 aromatic carbocycles. The standard InChI is InChI=1S/C12H10BrF2N3O/c13-7-4-16-12(17-5-7)18-6-10(19)11-8(14)2-1-3-9(11)15/h1-5,10,19H,6H2,(H,16,17,18). The molecule has 0 saturated carbocycles. The van der Waals surface area contributed by atoms with E-state index < -0.39 is 17.7 Å². The van der Waals surface area contributed by atoms with Gasteiger partial charge in [-0.05, 0) is 28.1 Å². The number of anilines is 1. The number of aliphatic hydroxyl groups is 1. The van der Waals surface area contributed by atoms with Crippen LogP contribution in [0.5, 0.6) is 0 Å². The van der Waals surface area contributed by atoms with Crippen molar-refractivity contribution in [1.82, 2.24) is 9.97 Å². The highest BCUT2D eigenvalue weighted by molar-refractivity contribution is 9.10. The molecule has 19 heavy (non-hydrogen) atoms. The lowest BCUT2D eigenvalue weighted by molar-refractivity contribution is 0.181. The molecule has 100 valence electrons. The molecule has 4 nitrogen and oxygen atoms in total. The van der Waals surface area contributed by atoms with Gasteiger partial charge in [0.1, 0.15) is 17.7 Å². The van der Waals surface area contributed by atoms with Gasteiger partial charge in [0.2, 0.25) is 5.95 Å². The minimum Gasteiger partial charge on any atom is -0.386 e. The van der Waals surface area contributed by atoms with Gasteiger partial charge in [-0.1, -0.05) is 6.07 Å². The summed E-state index contributed by atoms with van der Waals surface area (Å²) in [7, 11) is 0. The Morgan fingerprint density at radius 2 is 1.79 bits per heavy atom. The van der Waals surface area contributed by atoms with Gasteiger partial charge in [0.05, 0.1) is 10.0 Å². The highest BCUT2D eigenvalue weighted by Gasteiger charge is 2.17. The quantitative estimate of drug-likeness (QED) is 0.905. The molecule has 0 aliphatic heterocycles. The van der Waals surface area contributed by atoms with Gasteiger partial charge < -0.3 is 10.4 Å². The zero-order valence-electron chi connectivity index (χ0n) is 9.65. The maximum atomic E-state index is 13.4. The van der Waals surface area contributed by atoms with Crippen LogP contribution < -0.4 is 5.32 Å². The normalized spacial score (nSPS) is 12.2. The summed E-state index contributed by atoms with van der Waals surface area (Å²) in [6.07, 6.45) is 1.71. The monoisotopic (exact) mass is 329 g/mol. The van der Waals surface area contributed by atoms with Crippen LogP contribution in [0, 0.1) is 11.6 Å². The van der Waals surface area contributed by atoms with Crippen LogP contribution in [0.15, 0.2) is 35.1 Å². The summed E-state index contributed by atoms with van der Waals surface area (Å²) in [5, 5.41) is 12.5. The highest BCUT2D eigenvalue weighted by atomic mass is 79.9. The summed E-state index contributed by atoms with van der Waals surface area (Å²) in [5.74, 6) is -1.31. The Balaban J connectivity index is 2.05. The van der Waals surface area contributed by atoms with Gasteiger partial charge >= 0.3 is 0 Å². The molecule has 1 unspecified atom stereocenters. The van der Waals surface area contributed by atoms with Gasteiger partial charge in [0, 0.05) is 18.9 Å². The number of benzene rings is 1. The molecule has 0 aliphatic carbocycles. The second-order valence-electron chi connectivity index (χ2n) is 3.76. The number of aliphatic hydroxyl groups excluding tert-OH is 1. The van der Waals surface area contributed by atoms with Gasteiger partial charge in [-0.2, -0.15) is 0 Å². The maximum Gasteiger partial charge on any atom is 0.222 e. The molecule has 0 fully saturated rings. The van der Waals surface area contributed by atoms with Crippen molar-refractivity contribution in [2.75, 3.05) is 11.9 Å². The van der Waals surface area contributed by atoms with E-state index in [0.29, 0.717) is 4.47 Å². The van der Waals surface area contributed by atoms with Crippen molar-refractivity contribution >= 4 is 21.9 Å². The lowest BCUT2D eigenvalue weighted by Crippen LogP contribution is -2.16. The second-order valence-corrected chi connectivity index (χ2v) is 4.67. The van der Waals surface area contributed by atoms with E-state index in [1.165, 1.54) is 18.5 Å². The smallest absolute Gasteiger partial charge is 0.222 e. The van der Waals surface area contributed by atoms with Crippen LogP contribution in [0.25, 0.3) is 0 Å². The van der Waals surface area contributed by atoms with E-state index >= 15 is 0 Å². The van der Waals surface area contributed by atoms with Crippen molar-refractivity contribution in [3.8, 4) is 0 Å². The molecule has 7 heteroatoms. The average molecular weight is 330 g/mol. The van der Waals surface area contributed by atoms with Gasteiger partial charge in [-0.3, -0.25) is 0 Å². The Bertz CT molecular complexity index is 545. The molecule has 0 aliphatic rings. The molecule has 2 aromatic rings. The molecular weight excluding hydrogens is 320 g/mol. The SMILES string of the molecule is OC(CNc1ncc(Br)cn1)c1c(F)cccc1F. The summed E-state index contributed by atoms with van der Waals surface area (Å²) in [4.78, 5) is 7.84. The van der Waals surface area contributed by atoms with E-state index in [1.807, 2.05) is 0 Å². The number of nitrogens with one attached hydrogen (secondary N) is 1. The van der Waals surface area contributed by atoms with E-state index in [9.17, 15) is 13.9 Å². The summed E-state index contributed by atoms with van der Waals surface area (Å²) in [6, 6.07) is 3.43. The zero-order valence-corrected chi connectivity index (χ0v) is 11.2. The molecule has 0 saturated heterocycles. The van der Waals surface area contributed by atoms with Crippen molar-refractivity contribution in [3.05, 3.63) is 52.3 Å². The Morgan fingerprint density at radius 3 is 2.37 bits per heavy atom. The van der Waals surface area contributed by atoms with Crippen LogP contribution in [0.2, 0.25) is 0 Å². The number of rotatable bonds is 4. The Morgan fingerprint density at radius 1 is 1.21 bits per heavy atom. The summed E-state index contributed by atoms with van der Waals surface area (Å²) < 4.78 is 27.5. The lowest BCUT2D eigenvalue weighted by Gasteiger charge is -2.13. The summed E-state index contributed by atoms with van der Waals surface area (Å²) in [5.41, 5.74) is -0.368. The fourth-order valence-electron chi connectivity index (χ4n) is 1.52. The highest BCUT2D eigenvalue weighted by Crippen LogP contribution is 2.20. The average Bonchev–Trinajstić information content (AvgIpc) is 2.38. The fraction of sp³-hybridized carbons (Fsp3) is 0.167. The molecule has 1 heterocycles. The Kier molecular flexibility index (Phi) is 4.39. The molecular formula is C12H10BrF2N3O. The minimum absolute atomic E-state index is 0.0977. The third kappa shape index (κ3) is 3.45. The molecule has 1 aromatic heterocycles. The van der Waals surface area contributed by atoms with Crippen LogP contribution in [0.1, 0.15) is 11.7 Å². The summed E-state index contributed by atoms with van der Waals surface area (Å²) in [6.45, 7) is -0.0977. The molecule has 0 radical (unpaired) electrons. The van der Waals surface area contributed by atoms with Crippen molar-refractivity contribution in [1.29, 1.82) is 0 Å². The fourth-order valence-corrected chi connectivity index (χ4v) is 1.73. The van der Waals surface area contributed by atoms with E-state index in [4.69, 9.17) is 0 Å². The topological polar surface area (TPSA) is 58.0 Å². The molecule has 0 bridgehead atoms. The zero-order chi connectivity index (χ0) is 13.8. The van der Waals surface area contributed by atoms with E-state index in [0.717, 1.165) is 12.1 Å². The number of aromatic nitrogens is 2.